The van der Waals surface area contributed by atoms with Gasteiger partial charge in [-0.25, -0.2) is 9.97 Å². The maximum absolute atomic E-state index is 8.71. The van der Waals surface area contributed by atoms with Gasteiger partial charge in [0.25, 0.3) is 0 Å². The summed E-state index contributed by atoms with van der Waals surface area (Å²) in [6.45, 7) is 1.36. The molecule has 0 radical (unpaired) electrons. The summed E-state index contributed by atoms with van der Waals surface area (Å²) in [5.41, 5.74) is 2.68. The lowest BCUT2D eigenvalue weighted by Gasteiger charge is -2.11. The van der Waals surface area contributed by atoms with Crippen LogP contribution in [-0.2, 0) is 13.1 Å². The van der Waals surface area contributed by atoms with E-state index in [2.05, 4.69) is 32.5 Å². The van der Waals surface area contributed by atoms with E-state index in [1.165, 1.54) is 17.3 Å². The Bertz CT molecular complexity index is 771. The van der Waals surface area contributed by atoms with Crippen molar-refractivity contribution in [2.45, 2.75) is 13.1 Å². The normalized spacial score (nSPS) is 10.1. The van der Waals surface area contributed by atoms with Gasteiger partial charge in [0.15, 0.2) is 5.69 Å². The number of benzene rings is 1. The van der Waals surface area contributed by atoms with Crippen molar-refractivity contribution in [2.24, 2.45) is 0 Å². The highest BCUT2D eigenvalue weighted by Crippen LogP contribution is 2.12. The van der Waals surface area contributed by atoms with Crippen LogP contribution in [0.5, 0.6) is 0 Å². The predicted molar refractivity (Wildman–Crippen MR) is 81.8 cm³/mol. The van der Waals surface area contributed by atoms with Crippen LogP contribution in [0.15, 0.2) is 55.1 Å². The Morgan fingerprint density at radius 2 is 1.95 bits per heavy atom. The third-order valence-corrected chi connectivity index (χ3v) is 3.24. The summed E-state index contributed by atoms with van der Waals surface area (Å²) in [4.78, 5) is 8.15. The van der Waals surface area contributed by atoms with Crippen LogP contribution >= 0.6 is 0 Å². The highest BCUT2D eigenvalue weighted by molar-refractivity contribution is 5.36. The maximum Gasteiger partial charge on any atom is 0.158 e. The molecule has 0 fully saturated rings. The van der Waals surface area contributed by atoms with E-state index in [-0.39, 0.29) is 0 Å². The van der Waals surface area contributed by atoms with E-state index >= 15 is 0 Å². The van der Waals surface area contributed by atoms with Crippen LogP contribution in [0.4, 0.5) is 5.82 Å². The van der Waals surface area contributed by atoms with E-state index in [9.17, 15) is 0 Å². The fourth-order valence-corrected chi connectivity index (χ4v) is 2.12. The Morgan fingerprint density at radius 1 is 1.09 bits per heavy atom. The SMILES string of the molecule is N#Cc1cnc(NCc2ccccc2Cn2cccn2)cn1. The van der Waals surface area contributed by atoms with Gasteiger partial charge in [-0.1, -0.05) is 24.3 Å². The van der Waals surface area contributed by atoms with Gasteiger partial charge >= 0.3 is 0 Å². The molecule has 3 aromatic rings. The van der Waals surface area contributed by atoms with Crippen LogP contribution in [0.25, 0.3) is 0 Å². The van der Waals surface area contributed by atoms with Gasteiger partial charge < -0.3 is 5.32 Å². The second-order valence-corrected chi connectivity index (χ2v) is 4.72. The van der Waals surface area contributed by atoms with Gasteiger partial charge in [-0.05, 0) is 17.2 Å². The molecule has 0 unspecified atom stereocenters. The molecule has 0 spiro atoms. The number of nitriles is 1. The zero-order valence-corrected chi connectivity index (χ0v) is 11.8. The average molecular weight is 290 g/mol. The first-order chi connectivity index (χ1) is 10.8. The number of hydrogen-bond donors (Lipinski definition) is 1. The number of rotatable bonds is 5. The van der Waals surface area contributed by atoms with Crippen molar-refractivity contribution in [1.29, 1.82) is 5.26 Å². The van der Waals surface area contributed by atoms with Gasteiger partial charge in [-0.2, -0.15) is 10.4 Å². The lowest BCUT2D eigenvalue weighted by Crippen LogP contribution is -2.08. The summed E-state index contributed by atoms with van der Waals surface area (Å²) in [5, 5.41) is 16.2. The van der Waals surface area contributed by atoms with Gasteiger partial charge in [-0.3, -0.25) is 4.68 Å². The van der Waals surface area contributed by atoms with Crippen molar-refractivity contribution in [3.8, 4) is 6.07 Å². The molecular weight excluding hydrogens is 276 g/mol. The molecule has 6 nitrogen and oxygen atoms in total. The molecule has 0 aliphatic rings. The zero-order chi connectivity index (χ0) is 15.2. The second-order valence-electron chi connectivity index (χ2n) is 4.72. The summed E-state index contributed by atoms with van der Waals surface area (Å²) < 4.78 is 1.89. The largest absolute Gasteiger partial charge is 0.365 e. The molecule has 0 atom stereocenters. The third-order valence-electron chi connectivity index (χ3n) is 3.24. The molecule has 0 saturated heterocycles. The van der Waals surface area contributed by atoms with Crippen LogP contribution in [0.1, 0.15) is 16.8 Å². The Morgan fingerprint density at radius 3 is 2.64 bits per heavy atom. The van der Waals surface area contributed by atoms with Crippen molar-refractivity contribution < 1.29 is 0 Å². The number of nitrogens with one attached hydrogen (secondary N) is 1. The first kappa shape index (κ1) is 13.8. The van der Waals surface area contributed by atoms with Crippen molar-refractivity contribution in [3.05, 3.63) is 71.9 Å². The molecule has 6 heteroatoms. The minimum absolute atomic E-state index is 0.310. The first-order valence-electron chi connectivity index (χ1n) is 6.85. The van der Waals surface area contributed by atoms with Crippen LogP contribution in [0.2, 0.25) is 0 Å². The molecule has 0 bridgehead atoms. The van der Waals surface area contributed by atoms with Gasteiger partial charge in [0.2, 0.25) is 0 Å². The molecule has 1 N–H and O–H groups in total. The molecule has 0 saturated carbocycles. The Hall–Kier alpha value is -3.20. The Kier molecular flexibility index (Phi) is 4.07. The molecule has 108 valence electrons. The summed E-state index contributed by atoms with van der Waals surface area (Å²) in [5.74, 6) is 0.646. The highest BCUT2D eigenvalue weighted by Gasteiger charge is 2.04. The van der Waals surface area contributed by atoms with E-state index in [4.69, 9.17) is 5.26 Å². The summed E-state index contributed by atoms with van der Waals surface area (Å²) >= 11 is 0. The molecule has 0 aliphatic carbocycles. The van der Waals surface area contributed by atoms with E-state index in [1.54, 1.807) is 12.4 Å². The van der Waals surface area contributed by atoms with Crippen LogP contribution in [0.3, 0.4) is 0 Å². The van der Waals surface area contributed by atoms with Crippen molar-refractivity contribution >= 4 is 5.82 Å². The fraction of sp³-hybridized carbons (Fsp3) is 0.125. The second kappa shape index (κ2) is 6.50. The van der Waals surface area contributed by atoms with Gasteiger partial charge in [0, 0.05) is 18.9 Å². The van der Waals surface area contributed by atoms with E-state index in [1.807, 2.05) is 35.1 Å². The summed E-state index contributed by atoms with van der Waals surface area (Å²) in [6, 6.07) is 12.0. The molecule has 2 aromatic heterocycles. The minimum atomic E-state index is 0.310. The number of hydrogen-bond acceptors (Lipinski definition) is 5. The zero-order valence-electron chi connectivity index (χ0n) is 11.8. The quantitative estimate of drug-likeness (QED) is 0.779. The summed E-state index contributed by atoms with van der Waals surface area (Å²) in [6.07, 6.45) is 6.73. The Balaban J connectivity index is 1.70. The molecule has 2 heterocycles. The number of aromatic nitrogens is 4. The molecule has 1 aromatic carbocycles. The van der Waals surface area contributed by atoms with Crippen LogP contribution in [0, 0.1) is 11.3 Å². The Labute approximate surface area is 128 Å². The smallest absolute Gasteiger partial charge is 0.158 e. The number of nitrogens with zero attached hydrogens (tertiary/aromatic N) is 5. The average Bonchev–Trinajstić information content (AvgIpc) is 3.07. The van der Waals surface area contributed by atoms with Gasteiger partial charge in [0.05, 0.1) is 18.9 Å². The lowest BCUT2D eigenvalue weighted by atomic mass is 10.1. The monoisotopic (exact) mass is 290 g/mol. The van der Waals surface area contributed by atoms with Crippen LogP contribution in [-0.4, -0.2) is 19.7 Å². The van der Waals surface area contributed by atoms with Gasteiger partial charge in [0.1, 0.15) is 11.9 Å². The molecule has 0 aliphatic heterocycles. The predicted octanol–water partition coefficient (Wildman–Crippen LogP) is 2.21. The molecule has 3 rings (SSSR count). The van der Waals surface area contributed by atoms with E-state index in [0.29, 0.717) is 18.1 Å². The first-order valence-corrected chi connectivity index (χ1v) is 6.85. The van der Waals surface area contributed by atoms with Crippen molar-refractivity contribution in [3.63, 3.8) is 0 Å². The molecule has 0 amide bonds. The van der Waals surface area contributed by atoms with E-state index in [0.717, 1.165) is 6.54 Å². The molecule has 22 heavy (non-hydrogen) atoms. The third kappa shape index (κ3) is 3.27. The van der Waals surface area contributed by atoms with Crippen molar-refractivity contribution in [2.75, 3.05) is 5.32 Å². The van der Waals surface area contributed by atoms with Gasteiger partial charge in [-0.15, -0.1) is 0 Å². The van der Waals surface area contributed by atoms with Crippen LogP contribution < -0.4 is 5.32 Å². The molecular formula is C16H14N6. The topological polar surface area (TPSA) is 79.4 Å². The fourth-order valence-electron chi connectivity index (χ4n) is 2.12. The minimum Gasteiger partial charge on any atom is -0.365 e. The standard InChI is InChI=1S/C16H14N6/c17-8-15-10-20-16(11-18-15)19-9-13-4-1-2-5-14(13)12-22-7-3-6-21-22/h1-7,10-11H,9,12H2,(H,19,20). The lowest BCUT2D eigenvalue weighted by molar-refractivity contribution is 0.682. The maximum atomic E-state index is 8.71. The van der Waals surface area contributed by atoms with Crippen molar-refractivity contribution in [1.82, 2.24) is 19.7 Å². The number of anilines is 1. The summed E-state index contributed by atoms with van der Waals surface area (Å²) in [7, 11) is 0. The highest BCUT2D eigenvalue weighted by atomic mass is 15.3. The van der Waals surface area contributed by atoms with E-state index < -0.39 is 0 Å².